The number of H-pyrrole nitrogens is 1. The van der Waals surface area contributed by atoms with E-state index in [4.69, 9.17) is 4.74 Å². The Hall–Kier alpha value is -3.60. The van der Waals surface area contributed by atoms with Gasteiger partial charge in [-0.05, 0) is 42.8 Å². The van der Waals surface area contributed by atoms with Crippen LogP contribution in [0.15, 0.2) is 64.6 Å². The van der Waals surface area contributed by atoms with E-state index in [1.165, 1.54) is 10.8 Å². The number of alkyl halides is 3. The monoisotopic (exact) mass is 517 g/mol. The van der Waals surface area contributed by atoms with E-state index in [1.54, 1.807) is 36.7 Å². The number of nitrogens with one attached hydrogen (secondary N) is 1. The highest BCUT2D eigenvalue weighted by Gasteiger charge is 2.29. The third-order valence-corrected chi connectivity index (χ3v) is 6.59. The van der Waals surface area contributed by atoms with Crippen molar-refractivity contribution in [1.82, 2.24) is 19.4 Å². The van der Waals surface area contributed by atoms with Gasteiger partial charge in [-0.1, -0.05) is 19.1 Å². The Kier molecular flexibility index (Phi) is 8.32. The molecule has 1 N–H and O–H groups in total. The van der Waals surface area contributed by atoms with Gasteiger partial charge in [-0.25, -0.2) is 4.79 Å². The Morgan fingerprint density at radius 2 is 1.73 bits per heavy atom. The summed E-state index contributed by atoms with van der Waals surface area (Å²) in [5.41, 5.74) is 1.37. The summed E-state index contributed by atoms with van der Waals surface area (Å²) in [7, 11) is 0. The summed E-state index contributed by atoms with van der Waals surface area (Å²) < 4.78 is 44.1. The minimum absolute atomic E-state index is 0.185. The normalized spacial score (nSPS) is 15.5. The van der Waals surface area contributed by atoms with Crippen LogP contribution in [0.2, 0.25) is 0 Å². The molecular formula is C26H30F3N5O3. The summed E-state index contributed by atoms with van der Waals surface area (Å²) >= 11 is 0. The van der Waals surface area contributed by atoms with Gasteiger partial charge >= 0.3 is 11.9 Å². The minimum Gasteiger partial charge on any atom is -0.482 e. The zero-order chi connectivity index (χ0) is 26.4. The summed E-state index contributed by atoms with van der Waals surface area (Å²) in [6.45, 7) is 4.24. The second-order valence-corrected chi connectivity index (χ2v) is 9.06. The SMILES string of the molecule is CC(c1ccncc1)c1c[nH]c(=O)n(CCCN2CCN(c3ccccc3OCC(F)(F)F)CC2)c1=O. The highest BCUT2D eigenvalue weighted by molar-refractivity contribution is 5.58. The van der Waals surface area contributed by atoms with Gasteiger partial charge in [0.25, 0.3) is 5.56 Å². The number of halogens is 3. The van der Waals surface area contributed by atoms with E-state index >= 15 is 0 Å². The Balaban J connectivity index is 1.32. The van der Waals surface area contributed by atoms with Gasteiger partial charge in [0.2, 0.25) is 0 Å². The first-order valence-electron chi connectivity index (χ1n) is 12.2. The van der Waals surface area contributed by atoms with Crippen LogP contribution in [0.4, 0.5) is 18.9 Å². The van der Waals surface area contributed by atoms with Crippen molar-refractivity contribution in [3.8, 4) is 5.75 Å². The van der Waals surface area contributed by atoms with Crippen LogP contribution >= 0.6 is 0 Å². The zero-order valence-corrected chi connectivity index (χ0v) is 20.6. The van der Waals surface area contributed by atoms with Crippen LogP contribution in [0, 0.1) is 0 Å². The van der Waals surface area contributed by atoms with E-state index in [1.807, 2.05) is 24.0 Å². The molecule has 0 aliphatic carbocycles. The number of para-hydroxylation sites is 2. The van der Waals surface area contributed by atoms with Gasteiger partial charge in [0.1, 0.15) is 5.75 Å². The van der Waals surface area contributed by atoms with Crippen molar-refractivity contribution in [3.63, 3.8) is 0 Å². The summed E-state index contributed by atoms with van der Waals surface area (Å²) in [5, 5.41) is 0. The largest absolute Gasteiger partial charge is 0.482 e. The van der Waals surface area contributed by atoms with Gasteiger partial charge < -0.3 is 14.6 Å². The summed E-state index contributed by atoms with van der Waals surface area (Å²) in [5.74, 6) is 0.0300. The van der Waals surface area contributed by atoms with Crippen LogP contribution in [0.3, 0.4) is 0 Å². The third kappa shape index (κ3) is 6.79. The van der Waals surface area contributed by atoms with Crippen LogP contribution < -0.4 is 20.9 Å². The van der Waals surface area contributed by atoms with Crippen molar-refractivity contribution >= 4 is 5.69 Å². The number of piperazine rings is 1. The molecule has 3 heterocycles. The van der Waals surface area contributed by atoms with Gasteiger partial charge in [-0.3, -0.25) is 19.2 Å². The van der Waals surface area contributed by atoms with Gasteiger partial charge in [-0.2, -0.15) is 13.2 Å². The van der Waals surface area contributed by atoms with Crippen molar-refractivity contribution < 1.29 is 17.9 Å². The fourth-order valence-corrected chi connectivity index (χ4v) is 4.54. The van der Waals surface area contributed by atoms with Crippen molar-refractivity contribution in [3.05, 3.63) is 87.0 Å². The third-order valence-electron chi connectivity index (χ3n) is 6.59. The number of aromatic amines is 1. The highest BCUT2D eigenvalue weighted by Crippen LogP contribution is 2.30. The quantitative estimate of drug-likeness (QED) is 0.469. The maximum Gasteiger partial charge on any atom is 0.422 e. The first-order chi connectivity index (χ1) is 17.7. The van der Waals surface area contributed by atoms with Crippen LogP contribution in [-0.2, 0) is 6.54 Å². The molecule has 1 aromatic carbocycles. The second-order valence-electron chi connectivity index (χ2n) is 9.06. The molecule has 1 fully saturated rings. The molecule has 198 valence electrons. The number of nitrogens with zero attached hydrogens (tertiary/aromatic N) is 4. The number of ether oxygens (including phenoxy) is 1. The topological polar surface area (TPSA) is 83.5 Å². The smallest absolute Gasteiger partial charge is 0.422 e. The van der Waals surface area contributed by atoms with Gasteiger partial charge in [0, 0.05) is 62.8 Å². The molecule has 37 heavy (non-hydrogen) atoms. The molecule has 0 saturated carbocycles. The molecule has 0 radical (unpaired) electrons. The first-order valence-corrected chi connectivity index (χ1v) is 12.2. The Morgan fingerprint density at radius 1 is 1.03 bits per heavy atom. The first kappa shape index (κ1) is 26.5. The molecular weight excluding hydrogens is 487 g/mol. The lowest BCUT2D eigenvalue weighted by Crippen LogP contribution is -2.47. The number of rotatable bonds is 9. The lowest BCUT2D eigenvalue weighted by atomic mass is 9.96. The van der Waals surface area contributed by atoms with Crippen molar-refractivity contribution in [2.24, 2.45) is 0 Å². The predicted molar refractivity (Wildman–Crippen MR) is 134 cm³/mol. The molecule has 8 nitrogen and oxygen atoms in total. The summed E-state index contributed by atoms with van der Waals surface area (Å²) in [6.07, 6.45) is 1.04. The molecule has 3 aromatic rings. The Bertz CT molecular complexity index is 1280. The molecule has 1 unspecified atom stereocenters. The van der Waals surface area contributed by atoms with Gasteiger partial charge in [0.15, 0.2) is 6.61 Å². The number of hydrogen-bond donors (Lipinski definition) is 1. The van der Waals surface area contributed by atoms with Crippen LogP contribution in [0.5, 0.6) is 5.75 Å². The maximum atomic E-state index is 13.1. The summed E-state index contributed by atoms with van der Waals surface area (Å²) in [4.78, 5) is 36.4. The van der Waals surface area contributed by atoms with E-state index in [-0.39, 0.29) is 17.2 Å². The van der Waals surface area contributed by atoms with E-state index in [2.05, 4.69) is 14.9 Å². The molecule has 1 aliphatic rings. The maximum absolute atomic E-state index is 13.1. The van der Waals surface area contributed by atoms with Crippen molar-refractivity contribution in [2.45, 2.75) is 32.0 Å². The average molecular weight is 518 g/mol. The van der Waals surface area contributed by atoms with Gasteiger partial charge in [0.05, 0.1) is 5.69 Å². The lowest BCUT2D eigenvalue weighted by Gasteiger charge is -2.36. The number of pyridine rings is 1. The number of aromatic nitrogens is 3. The molecule has 1 saturated heterocycles. The van der Waals surface area contributed by atoms with Crippen LogP contribution in [0.1, 0.15) is 30.4 Å². The van der Waals surface area contributed by atoms with Crippen LogP contribution in [0.25, 0.3) is 0 Å². The molecule has 0 spiro atoms. The Labute approximate surface area is 212 Å². The fraction of sp³-hybridized carbons (Fsp3) is 0.423. The molecule has 11 heteroatoms. The summed E-state index contributed by atoms with van der Waals surface area (Å²) in [6, 6.07) is 10.4. The fourth-order valence-electron chi connectivity index (χ4n) is 4.54. The average Bonchev–Trinajstić information content (AvgIpc) is 2.90. The lowest BCUT2D eigenvalue weighted by molar-refractivity contribution is -0.153. The molecule has 1 aliphatic heterocycles. The molecule has 4 rings (SSSR count). The van der Waals surface area contributed by atoms with E-state index in [9.17, 15) is 22.8 Å². The highest BCUT2D eigenvalue weighted by atomic mass is 19.4. The predicted octanol–water partition coefficient (Wildman–Crippen LogP) is 3.24. The Morgan fingerprint density at radius 3 is 2.43 bits per heavy atom. The number of benzene rings is 1. The minimum atomic E-state index is -4.40. The molecule has 1 atom stereocenters. The zero-order valence-electron chi connectivity index (χ0n) is 20.6. The number of anilines is 1. The van der Waals surface area contributed by atoms with E-state index < -0.39 is 18.5 Å². The standard InChI is InChI=1S/C26H30F3N5O3/c1-19(20-7-9-30-10-8-20)21-17-31-25(36)34(24(21)35)12-4-11-32-13-15-33(16-14-32)22-5-2-3-6-23(22)37-18-26(27,28)29/h2-3,5-10,17,19H,4,11-16,18H2,1H3,(H,31,36). The molecule has 2 aromatic heterocycles. The van der Waals surface area contributed by atoms with Crippen molar-refractivity contribution in [1.29, 1.82) is 0 Å². The van der Waals surface area contributed by atoms with Crippen LogP contribution in [-0.4, -0.2) is 64.9 Å². The van der Waals surface area contributed by atoms with E-state index in [0.717, 1.165) is 5.56 Å². The van der Waals surface area contributed by atoms with Crippen molar-refractivity contribution in [2.75, 3.05) is 44.2 Å². The second kappa shape index (κ2) is 11.6. The molecule has 0 bridgehead atoms. The number of hydrogen-bond acceptors (Lipinski definition) is 6. The molecule has 0 amide bonds. The van der Waals surface area contributed by atoms with E-state index in [0.29, 0.717) is 56.9 Å². The van der Waals surface area contributed by atoms with Gasteiger partial charge in [-0.15, -0.1) is 0 Å².